The second-order valence-electron chi connectivity index (χ2n) is 6.50. The van der Waals surface area contributed by atoms with Gasteiger partial charge in [-0.1, -0.05) is 25.5 Å². The second-order valence-corrected chi connectivity index (χ2v) is 6.50. The third-order valence-electron chi connectivity index (χ3n) is 4.75. The van der Waals surface area contributed by atoms with E-state index in [0.717, 1.165) is 17.7 Å². The summed E-state index contributed by atoms with van der Waals surface area (Å²) in [5.74, 6) is 0.0201. The number of nitrogens with zero attached hydrogens (tertiary/aromatic N) is 2. The monoisotopic (exact) mass is 361 g/mol. The van der Waals surface area contributed by atoms with Gasteiger partial charge in [0.1, 0.15) is 17.8 Å². The second kappa shape index (κ2) is 8.21. The molecule has 7 nitrogen and oxygen atoms in total. The van der Waals surface area contributed by atoms with Crippen LogP contribution >= 0.6 is 0 Å². The third-order valence-corrected chi connectivity index (χ3v) is 4.75. The molecule has 4 amide bonds. The molecule has 1 aliphatic heterocycles. The maximum atomic E-state index is 12.9. The van der Waals surface area contributed by atoms with Crippen LogP contribution in [0, 0.1) is 0 Å². The highest BCUT2D eigenvalue weighted by Gasteiger charge is 2.49. The van der Waals surface area contributed by atoms with Crippen LogP contribution in [-0.2, 0) is 15.1 Å². The van der Waals surface area contributed by atoms with Crippen LogP contribution in [0.15, 0.2) is 24.3 Å². The standard InChI is InChI=1S/C19H27N3O4/c1-5-7-12-21(6-2)16(23)13-22-17(24)19(3,20-18(22)25)14-8-10-15(26-4)11-9-14/h8-11H,5-7,12-13H2,1-4H3,(H,20,25)/t19-/m0/s1. The molecule has 1 aromatic rings. The molecule has 0 aromatic heterocycles. The Kier molecular flexibility index (Phi) is 6.23. The predicted molar refractivity (Wildman–Crippen MR) is 97.8 cm³/mol. The maximum Gasteiger partial charge on any atom is 0.325 e. The Balaban J connectivity index is 2.15. The van der Waals surface area contributed by atoms with Crippen molar-refractivity contribution in [2.75, 3.05) is 26.7 Å². The summed E-state index contributed by atoms with van der Waals surface area (Å²) in [6.45, 7) is 6.53. The molecular weight excluding hydrogens is 334 g/mol. The Labute approximate surface area is 154 Å². The van der Waals surface area contributed by atoms with Gasteiger partial charge < -0.3 is 15.0 Å². The Morgan fingerprint density at radius 3 is 2.42 bits per heavy atom. The molecule has 0 radical (unpaired) electrons. The average Bonchev–Trinajstić information content (AvgIpc) is 2.86. The zero-order chi connectivity index (χ0) is 19.3. The van der Waals surface area contributed by atoms with Crippen LogP contribution in [0.1, 0.15) is 39.2 Å². The van der Waals surface area contributed by atoms with Gasteiger partial charge in [0, 0.05) is 13.1 Å². The van der Waals surface area contributed by atoms with E-state index in [-0.39, 0.29) is 12.5 Å². The minimum absolute atomic E-state index is 0.219. The first-order chi connectivity index (χ1) is 12.4. The van der Waals surface area contributed by atoms with Gasteiger partial charge in [-0.25, -0.2) is 4.79 Å². The highest BCUT2D eigenvalue weighted by atomic mass is 16.5. The summed E-state index contributed by atoms with van der Waals surface area (Å²) in [5.41, 5.74) is -0.547. The molecule has 0 unspecified atom stereocenters. The molecule has 0 bridgehead atoms. The van der Waals surface area contributed by atoms with Gasteiger partial charge in [0.2, 0.25) is 5.91 Å². The molecule has 7 heteroatoms. The van der Waals surface area contributed by atoms with Gasteiger partial charge in [-0.15, -0.1) is 0 Å². The van der Waals surface area contributed by atoms with E-state index in [4.69, 9.17) is 4.74 Å². The van der Waals surface area contributed by atoms with E-state index in [1.165, 1.54) is 0 Å². The topological polar surface area (TPSA) is 79.0 Å². The van der Waals surface area contributed by atoms with Crippen LogP contribution in [0.5, 0.6) is 5.75 Å². The fourth-order valence-corrected chi connectivity index (χ4v) is 3.00. The van der Waals surface area contributed by atoms with Crippen LogP contribution in [0.25, 0.3) is 0 Å². The number of urea groups is 1. The number of likely N-dealkylation sites (N-methyl/N-ethyl adjacent to an activating group) is 1. The molecule has 0 spiro atoms. The van der Waals surface area contributed by atoms with Crippen molar-refractivity contribution in [1.82, 2.24) is 15.1 Å². The van der Waals surface area contributed by atoms with E-state index in [0.29, 0.717) is 24.4 Å². The minimum atomic E-state index is -1.19. The Bertz CT molecular complexity index is 674. The molecule has 1 aliphatic rings. The van der Waals surface area contributed by atoms with Crippen molar-refractivity contribution in [2.24, 2.45) is 0 Å². The molecular formula is C19H27N3O4. The molecule has 1 atom stereocenters. The van der Waals surface area contributed by atoms with Crippen molar-refractivity contribution < 1.29 is 19.1 Å². The van der Waals surface area contributed by atoms with Gasteiger partial charge in [0.25, 0.3) is 5.91 Å². The largest absolute Gasteiger partial charge is 0.497 e. The fourth-order valence-electron chi connectivity index (χ4n) is 3.00. The van der Waals surface area contributed by atoms with E-state index in [9.17, 15) is 14.4 Å². The lowest BCUT2D eigenvalue weighted by Gasteiger charge is -2.24. The molecule has 142 valence electrons. The number of ether oxygens (including phenoxy) is 1. The minimum Gasteiger partial charge on any atom is -0.497 e. The van der Waals surface area contributed by atoms with Crippen LogP contribution in [0.2, 0.25) is 0 Å². The number of methoxy groups -OCH3 is 1. The summed E-state index contributed by atoms with van der Waals surface area (Å²) in [7, 11) is 1.56. The summed E-state index contributed by atoms with van der Waals surface area (Å²) in [6, 6.07) is 6.40. The van der Waals surface area contributed by atoms with Crippen LogP contribution < -0.4 is 10.1 Å². The van der Waals surface area contributed by atoms with Crippen LogP contribution in [-0.4, -0.2) is 54.4 Å². The summed E-state index contributed by atoms with van der Waals surface area (Å²) >= 11 is 0. The number of rotatable bonds is 8. The van der Waals surface area contributed by atoms with Gasteiger partial charge in [-0.3, -0.25) is 14.5 Å². The Morgan fingerprint density at radius 2 is 1.88 bits per heavy atom. The molecule has 0 aliphatic carbocycles. The fraction of sp³-hybridized carbons (Fsp3) is 0.526. The number of benzene rings is 1. The predicted octanol–water partition coefficient (Wildman–Crippen LogP) is 2.11. The van der Waals surface area contributed by atoms with E-state index in [1.807, 2.05) is 6.92 Å². The maximum absolute atomic E-state index is 12.9. The third kappa shape index (κ3) is 3.81. The van der Waals surface area contributed by atoms with E-state index in [2.05, 4.69) is 12.2 Å². The van der Waals surface area contributed by atoms with E-state index < -0.39 is 17.5 Å². The molecule has 2 rings (SSSR count). The van der Waals surface area contributed by atoms with Gasteiger partial charge in [0.05, 0.1) is 7.11 Å². The summed E-state index contributed by atoms with van der Waals surface area (Å²) in [6.07, 6.45) is 1.87. The van der Waals surface area contributed by atoms with Crippen molar-refractivity contribution in [3.05, 3.63) is 29.8 Å². The van der Waals surface area contributed by atoms with Gasteiger partial charge in [-0.05, 0) is 38.0 Å². The van der Waals surface area contributed by atoms with Crippen molar-refractivity contribution in [2.45, 2.75) is 39.2 Å². The van der Waals surface area contributed by atoms with Crippen molar-refractivity contribution >= 4 is 17.8 Å². The van der Waals surface area contributed by atoms with E-state index in [1.54, 1.807) is 43.2 Å². The first-order valence-corrected chi connectivity index (χ1v) is 8.93. The number of carbonyl (C=O) groups is 3. The highest BCUT2D eigenvalue weighted by molar-refractivity contribution is 6.09. The first kappa shape index (κ1) is 19.8. The quantitative estimate of drug-likeness (QED) is 0.719. The number of amides is 4. The molecule has 1 aromatic carbocycles. The zero-order valence-corrected chi connectivity index (χ0v) is 15.9. The lowest BCUT2D eigenvalue weighted by molar-refractivity contribution is -0.138. The molecule has 1 saturated heterocycles. The lowest BCUT2D eigenvalue weighted by Crippen LogP contribution is -2.44. The summed E-state index contributed by atoms with van der Waals surface area (Å²) in [4.78, 5) is 40.4. The van der Waals surface area contributed by atoms with Crippen LogP contribution in [0.4, 0.5) is 4.79 Å². The summed E-state index contributed by atoms with van der Waals surface area (Å²) < 4.78 is 5.12. The number of unbranched alkanes of at least 4 members (excludes halogenated alkanes) is 1. The summed E-state index contributed by atoms with van der Waals surface area (Å²) in [5, 5.41) is 2.72. The average molecular weight is 361 g/mol. The number of nitrogens with one attached hydrogen (secondary N) is 1. The zero-order valence-electron chi connectivity index (χ0n) is 15.9. The number of hydrogen-bond acceptors (Lipinski definition) is 4. The molecule has 1 N–H and O–H groups in total. The first-order valence-electron chi connectivity index (χ1n) is 8.93. The highest BCUT2D eigenvalue weighted by Crippen LogP contribution is 2.30. The lowest BCUT2D eigenvalue weighted by atomic mass is 9.92. The molecule has 1 heterocycles. The van der Waals surface area contributed by atoms with Gasteiger partial charge >= 0.3 is 6.03 Å². The van der Waals surface area contributed by atoms with Crippen molar-refractivity contribution in [1.29, 1.82) is 0 Å². The molecule has 0 saturated carbocycles. The van der Waals surface area contributed by atoms with Crippen molar-refractivity contribution in [3.8, 4) is 5.75 Å². The van der Waals surface area contributed by atoms with Crippen LogP contribution in [0.3, 0.4) is 0 Å². The molecule has 1 fully saturated rings. The van der Waals surface area contributed by atoms with Gasteiger partial charge in [-0.2, -0.15) is 0 Å². The number of imide groups is 1. The van der Waals surface area contributed by atoms with Crippen molar-refractivity contribution in [3.63, 3.8) is 0 Å². The Hall–Kier alpha value is -2.57. The number of hydrogen-bond donors (Lipinski definition) is 1. The van der Waals surface area contributed by atoms with E-state index >= 15 is 0 Å². The smallest absolute Gasteiger partial charge is 0.325 e. The normalized spacial score (nSPS) is 19.5. The molecule has 26 heavy (non-hydrogen) atoms. The number of carbonyl (C=O) groups excluding carboxylic acids is 3. The SMILES string of the molecule is CCCCN(CC)C(=O)CN1C(=O)N[C@@](C)(c2ccc(OC)cc2)C1=O. The Morgan fingerprint density at radius 1 is 1.23 bits per heavy atom. The van der Waals surface area contributed by atoms with Gasteiger partial charge in [0.15, 0.2) is 0 Å².